The maximum Gasteiger partial charge on any atom is 0.180 e. The second-order valence-corrected chi connectivity index (χ2v) is 8.33. The Morgan fingerprint density at radius 1 is 0.906 bits per heavy atom. The first kappa shape index (κ1) is 26.1. The summed E-state index contributed by atoms with van der Waals surface area (Å²) in [6.07, 6.45) is 2.14. The van der Waals surface area contributed by atoms with E-state index in [1.807, 2.05) is 19.1 Å². The molecule has 0 aliphatic carbocycles. The molecule has 172 valence electrons. The molecule has 0 fully saturated rings. The van der Waals surface area contributed by atoms with Gasteiger partial charge in [-0.3, -0.25) is 0 Å². The van der Waals surface area contributed by atoms with E-state index in [0.717, 1.165) is 30.5 Å². The molecular weight excluding hydrogens is 441 g/mol. The molecule has 0 amide bonds. The van der Waals surface area contributed by atoms with Crippen molar-refractivity contribution in [3.05, 3.63) is 94.0 Å². The van der Waals surface area contributed by atoms with Crippen LogP contribution in [0.1, 0.15) is 42.5 Å². The lowest BCUT2D eigenvalue weighted by Crippen LogP contribution is -2.26. The van der Waals surface area contributed by atoms with Crippen LogP contribution in [0.2, 0.25) is 5.02 Å². The highest BCUT2D eigenvalue weighted by Crippen LogP contribution is 2.37. The van der Waals surface area contributed by atoms with Crippen LogP contribution in [0.15, 0.2) is 66.7 Å². The third-order valence-corrected chi connectivity index (χ3v) is 5.52. The summed E-state index contributed by atoms with van der Waals surface area (Å²) in [5.74, 6) is 1.29. The average molecular weight is 474 g/mol. The quantitative estimate of drug-likeness (QED) is 0.320. The highest BCUT2D eigenvalue weighted by atomic mass is 35.5. The highest BCUT2D eigenvalue weighted by Gasteiger charge is 2.14. The molecule has 0 aliphatic rings. The Hall–Kier alpha value is -2.20. The predicted octanol–water partition coefficient (Wildman–Crippen LogP) is 7.16. The van der Waals surface area contributed by atoms with Gasteiger partial charge >= 0.3 is 0 Å². The van der Waals surface area contributed by atoms with E-state index in [-0.39, 0.29) is 12.4 Å². The Bertz CT molecular complexity index is 946. The Labute approximate surface area is 203 Å². The lowest BCUT2D eigenvalue weighted by Gasteiger charge is -2.17. The number of nitrogens with one attached hydrogen (secondary N) is 1. The van der Waals surface area contributed by atoms with Crippen LogP contribution >= 0.6 is 24.0 Å². The van der Waals surface area contributed by atoms with Gasteiger partial charge in [-0.05, 0) is 62.4 Å². The van der Waals surface area contributed by atoms with Gasteiger partial charge in [0.25, 0.3) is 0 Å². The van der Waals surface area contributed by atoms with Crippen molar-refractivity contribution < 1.29 is 9.47 Å². The van der Waals surface area contributed by atoms with Crippen molar-refractivity contribution in [2.24, 2.45) is 0 Å². The van der Waals surface area contributed by atoms with Crippen molar-refractivity contribution in [1.82, 2.24) is 5.32 Å². The number of ether oxygens (including phenoxy) is 2. The molecule has 0 spiro atoms. The van der Waals surface area contributed by atoms with E-state index in [1.165, 1.54) is 11.1 Å². The highest BCUT2D eigenvalue weighted by molar-refractivity contribution is 6.32. The Kier molecular flexibility index (Phi) is 10.9. The van der Waals surface area contributed by atoms with Crippen LogP contribution < -0.4 is 14.8 Å². The number of rotatable bonds is 11. The summed E-state index contributed by atoms with van der Waals surface area (Å²) < 4.78 is 11.9. The van der Waals surface area contributed by atoms with Gasteiger partial charge in [-0.2, -0.15) is 0 Å². The molecule has 0 saturated carbocycles. The molecule has 0 bridgehead atoms. The van der Waals surface area contributed by atoms with Crippen molar-refractivity contribution in [1.29, 1.82) is 0 Å². The molecule has 0 radical (unpaired) electrons. The number of hydrogen-bond donors (Lipinski definition) is 1. The molecule has 3 nitrogen and oxygen atoms in total. The first-order valence-corrected chi connectivity index (χ1v) is 11.3. The Balaban J connectivity index is 0.00000363. The van der Waals surface area contributed by atoms with Crippen LogP contribution in [0.3, 0.4) is 0 Å². The zero-order valence-electron chi connectivity index (χ0n) is 19.1. The second-order valence-electron chi connectivity index (χ2n) is 7.92. The number of benzene rings is 3. The smallest absolute Gasteiger partial charge is 0.180 e. The van der Waals surface area contributed by atoms with Crippen LogP contribution in [0, 0.1) is 6.92 Å². The van der Waals surface area contributed by atoms with E-state index in [0.29, 0.717) is 35.8 Å². The molecular formula is C27H33Cl2NO2. The van der Waals surface area contributed by atoms with Crippen LogP contribution in [0.4, 0.5) is 0 Å². The summed E-state index contributed by atoms with van der Waals surface area (Å²) in [6, 6.07) is 23.3. The monoisotopic (exact) mass is 473 g/mol. The summed E-state index contributed by atoms with van der Waals surface area (Å²) in [5.41, 5.74) is 4.78. The molecule has 3 aromatic carbocycles. The van der Waals surface area contributed by atoms with Gasteiger partial charge in [-0.25, -0.2) is 0 Å². The maximum atomic E-state index is 6.59. The molecule has 1 N–H and O–H groups in total. The minimum absolute atomic E-state index is 0. The number of aryl methyl sites for hydroxylation is 2. The van der Waals surface area contributed by atoms with Gasteiger partial charge in [0, 0.05) is 12.6 Å². The van der Waals surface area contributed by atoms with E-state index in [1.54, 1.807) is 0 Å². The molecule has 1 atom stereocenters. The fourth-order valence-corrected chi connectivity index (χ4v) is 3.68. The predicted molar refractivity (Wildman–Crippen MR) is 136 cm³/mol. The second kappa shape index (κ2) is 13.4. The van der Waals surface area contributed by atoms with Crippen molar-refractivity contribution in [3.63, 3.8) is 0 Å². The van der Waals surface area contributed by atoms with E-state index >= 15 is 0 Å². The maximum absolute atomic E-state index is 6.59. The molecule has 5 heteroatoms. The lowest BCUT2D eigenvalue weighted by molar-refractivity contribution is 0.269. The lowest BCUT2D eigenvalue weighted by atomic mass is 10.1. The summed E-state index contributed by atoms with van der Waals surface area (Å²) >= 11 is 6.59. The minimum Gasteiger partial charge on any atom is -0.490 e. The molecule has 0 aromatic heterocycles. The van der Waals surface area contributed by atoms with Gasteiger partial charge in [-0.15, -0.1) is 12.4 Å². The molecule has 3 rings (SSSR count). The van der Waals surface area contributed by atoms with Gasteiger partial charge in [-0.1, -0.05) is 71.8 Å². The van der Waals surface area contributed by atoms with Gasteiger partial charge < -0.3 is 14.8 Å². The van der Waals surface area contributed by atoms with E-state index in [9.17, 15) is 0 Å². The fraction of sp³-hybridized carbons (Fsp3) is 0.333. The van der Waals surface area contributed by atoms with Gasteiger partial charge in [0.2, 0.25) is 0 Å². The number of halogens is 2. The molecule has 0 aliphatic heterocycles. The third-order valence-electron chi connectivity index (χ3n) is 5.24. The molecule has 0 heterocycles. The Morgan fingerprint density at radius 2 is 1.62 bits per heavy atom. The van der Waals surface area contributed by atoms with E-state index < -0.39 is 0 Å². The first-order valence-electron chi connectivity index (χ1n) is 11.0. The van der Waals surface area contributed by atoms with E-state index in [4.69, 9.17) is 21.1 Å². The van der Waals surface area contributed by atoms with Crippen molar-refractivity contribution >= 4 is 24.0 Å². The summed E-state index contributed by atoms with van der Waals surface area (Å²) in [6.45, 7) is 8.00. The number of hydrogen-bond acceptors (Lipinski definition) is 3. The zero-order chi connectivity index (χ0) is 22.1. The summed E-state index contributed by atoms with van der Waals surface area (Å²) in [7, 11) is 0. The first-order chi connectivity index (χ1) is 15.0. The fourth-order valence-electron chi connectivity index (χ4n) is 3.39. The Morgan fingerprint density at radius 3 is 2.31 bits per heavy atom. The zero-order valence-corrected chi connectivity index (χ0v) is 20.6. The van der Waals surface area contributed by atoms with E-state index in [2.05, 4.69) is 73.8 Å². The van der Waals surface area contributed by atoms with Crippen LogP contribution in [0.5, 0.6) is 11.5 Å². The van der Waals surface area contributed by atoms with Crippen LogP contribution in [0.25, 0.3) is 0 Å². The molecule has 3 aromatic rings. The average Bonchev–Trinajstić information content (AvgIpc) is 2.78. The minimum atomic E-state index is 0. The van der Waals surface area contributed by atoms with Crippen LogP contribution in [-0.4, -0.2) is 12.6 Å². The van der Waals surface area contributed by atoms with Gasteiger partial charge in [0.15, 0.2) is 11.5 Å². The standard InChI is InChI=1S/C27H32ClNO2.ClH/c1-4-30-26-17-24(18-29-21(3)12-15-22-8-6-5-7-9-22)16-25(28)27(26)31-19-23-13-10-20(2)11-14-23;/h5-11,13-14,16-17,21,29H,4,12,15,18-19H2,1-3H3;1H. The van der Waals surface area contributed by atoms with Gasteiger partial charge in [0.05, 0.1) is 11.6 Å². The normalized spacial score (nSPS) is 11.5. The summed E-state index contributed by atoms with van der Waals surface area (Å²) in [4.78, 5) is 0. The summed E-state index contributed by atoms with van der Waals surface area (Å²) in [5, 5.41) is 4.17. The van der Waals surface area contributed by atoms with Crippen molar-refractivity contribution in [2.45, 2.75) is 52.8 Å². The molecule has 0 saturated heterocycles. The molecule has 32 heavy (non-hydrogen) atoms. The van der Waals surface area contributed by atoms with Crippen molar-refractivity contribution in [2.75, 3.05) is 6.61 Å². The van der Waals surface area contributed by atoms with Crippen LogP contribution in [-0.2, 0) is 19.6 Å². The van der Waals surface area contributed by atoms with Gasteiger partial charge in [0.1, 0.15) is 6.61 Å². The third kappa shape index (κ3) is 8.05. The largest absolute Gasteiger partial charge is 0.490 e. The van der Waals surface area contributed by atoms with Crippen molar-refractivity contribution in [3.8, 4) is 11.5 Å². The SMILES string of the molecule is CCOc1cc(CNC(C)CCc2ccccc2)cc(Cl)c1OCc1ccc(C)cc1.Cl. The molecule has 1 unspecified atom stereocenters. The topological polar surface area (TPSA) is 30.5 Å².